The van der Waals surface area contributed by atoms with Gasteiger partial charge in [0.15, 0.2) is 0 Å². The van der Waals surface area contributed by atoms with Crippen molar-refractivity contribution in [3.63, 3.8) is 0 Å². The molecule has 1 spiro atoms. The Morgan fingerprint density at radius 1 is 1.35 bits per heavy atom. The van der Waals surface area contributed by atoms with Crippen molar-refractivity contribution < 1.29 is 0 Å². The normalized spacial score (nSPS) is 29.8. The zero-order valence-electron chi connectivity index (χ0n) is 11.7. The van der Waals surface area contributed by atoms with Crippen molar-refractivity contribution in [1.82, 2.24) is 10.2 Å². The van der Waals surface area contributed by atoms with E-state index in [2.05, 4.69) is 43.1 Å². The van der Waals surface area contributed by atoms with Crippen molar-refractivity contribution in [3.05, 3.63) is 12.2 Å². The highest BCUT2D eigenvalue weighted by molar-refractivity contribution is 5.04. The number of nitrogens with one attached hydrogen (secondary N) is 1. The molecule has 1 aliphatic heterocycles. The second kappa shape index (κ2) is 5.53. The molecule has 2 heteroatoms. The molecule has 0 aromatic heterocycles. The molecule has 0 amide bonds. The highest BCUT2D eigenvalue weighted by Gasteiger charge is 2.43. The van der Waals surface area contributed by atoms with Crippen LogP contribution < -0.4 is 5.32 Å². The Morgan fingerprint density at radius 3 is 2.65 bits per heavy atom. The Hall–Kier alpha value is -0.340. The maximum Gasteiger partial charge on any atom is 0.0338 e. The maximum absolute atomic E-state index is 3.79. The Labute approximate surface area is 106 Å². The third kappa shape index (κ3) is 2.74. The van der Waals surface area contributed by atoms with Crippen LogP contribution in [0.4, 0.5) is 0 Å². The van der Waals surface area contributed by atoms with Gasteiger partial charge in [-0.3, -0.25) is 4.90 Å². The lowest BCUT2D eigenvalue weighted by Gasteiger charge is -2.49. The van der Waals surface area contributed by atoms with Gasteiger partial charge in [-0.25, -0.2) is 0 Å². The van der Waals surface area contributed by atoms with E-state index in [1.165, 1.54) is 38.8 Å². The largest absolute Gasteiger partial charge is 0.311 e. The summed E-state index contributed by atoms with van der Waals surface area (Å²) >= 11 is 0. The Balaban J connectivity index is 2.06. The average Bonchev–Trinajstić information content (AvgIpc) is 2.77. The van der Waals surface area contributed by atoms with Crippen LogP contribution in [0.15, 0.2) is 12.2 Å². The number of rotatable bonds is 3. The molecule has 1 heterocycles. The van der Waals surface area contributed by atoms with E-state index in [0.717, 1.165) is 12.5 Å². The molecule has 2 nitrogen and oxygen atoms in total. The van der Waals surface area contributed by atoms with Crippen LogP contribution in [-0.2, 0) is 0 Å². The van der Waals surface area contributed by atoms with E-state index < -0.39 is 0 Å². The first-order chi connectivity index (χ1) is 8.18. The van der Waals surface area contributed by atoms with Gasteiger partial charge in [-0.1, -0.05) is 38.8 Å². The molecule has 2 fully saturated rings. The second-order valence-corrected chi connectivity index (χ2v) is 6.14. The van der Waals surface area contributed by atoms with Crippen LogP contribution in [-0.4, -0.2) is 36.1 Å². The Bertz CT molecular complexity index is 264. The van der Waals surface area contributed by atoms with Gasteiger partial charge in [0.1, 0.15) is 0 Å². The van der Waals surface area contributed by atoms with Gasteiger partial charge < -0.3 is 5.32 Å². The zero-order valence-corrected chi connectivity index (χ0v) is 11.7. The summed E-state index contributed by atoms with van der Waals surface area (Å²) in [5, 5.41) is 3.79. The van der Waals surface area contributed by atoms with Gasteiger partial charge in [-0.15, -0.1) is 0 Å². The van der Waals surface area contributed by atoms with Crippen molar-refractivity contribution in [2.24, 2.45) is 5.92 Å². The van der Waals surface area contributed by atoms with Gasteiger partial charge in [-0.05, 0) is 25.7 Å². The fraction of sp³-hybridized carbons (Fsp3) is 0.867. The average molecular weight is 236 g/mol. The SMILES string of the molecule is C/C=C/CN1CC(C(C)C)NCC12CCCC2. The Kier molecular flexibility index (Phi) is 4.26. The van der Waals surface area contributed by atoms with E-state index >= 15 is 0 Å². The standard InChI is InChI=1S/C15H28N2/c1-4-5-10-17-11-14(13(2)3)16-12-15(17)8-6-7-9-15/h4-5,13-14,16H,6-12H2,1-3H3/b5-4+. The highest BCUT2D eigenvalue weighted by Crippen LogP contribution is 2.37. The summed E-state index contributed by atoms with van der Waals surface area (Å²) in [7, 11) is 0. The summed E-state index contributed by atoms with van der Waals surface area (Å²) in [6.45, 7) is 10.4. The van der Waals surface area contributed by atoms with Gasteiger partial charge in [0.2, 0.25) is 0 Å². The third-order valence-corrected chi connectivity index (χ3v) is 4.68. The first kappa shape index (κ1) is 13.1. The summed E-state index contributed by atoms with van der Waals surface area (Å²) in [4.78, 5) is 2.75. The summed E-state index contributed by atoms with van der Waals surface area (Å²) in [6.07, 6.45) is 10.1. The number of allylic oxidation sites excluding steroid dienone is 1. The molecular formula is C15H28N2. The molecule has 0 bridgehead atoms. The van der Waals surface area contributed by atoms with Crippen LogP contribution in [0, 0.1) is 5.92 Å². The lowest BCUT2D eigenvalue weighted by Crippen LogP contribution is -2.64. The van der Waals surface area contributed by atoms with Gasteiger partial charge in [0.25, 0.3) is 0 Å². The highest BCUT2D eigenvalue weighted by atomic mass is 15.3. The molecule has 1 unspecified atom stereocenters. The van der Waals surface area contributed by atoms with Crippen molar-refractivity contribution in [1.29, 1.82) is 0 Å². The molecule has 1 aliphatic carbocycles. The second-order valence-electron chi connectivity index (χ2n) is 6.14. The van der Waals surface area contributed by atoms with Crippen molar-refractivity contribution in [3.8, 4) is 0 Å². The topological polar surface area (TPSA) is 15.3 Å². The minimum atomic E-state index is 0.477. The molecule has 2 aliphatic rings. The molecule has 1 atom stereocenters. The molecule has 17 heavy (non-hydrogen) atoms. The van der Waals surface area contributed by atoms with E-state index in [9.17, 15) is 0 Å². The van der Waals surface area contributed by atoms with Crippen LogP contribution >= 0.6 is 0 Å². The van der Waals surface area contributed by atoms with E-state index in [4.69, 9.17) is 0 Å². The lowest BCUT2D eigenvalue weighted by atomic mass is 9.88. The quantitative estimate of drug-likeness (QED) is 0.758. The van der Waals surface area contributed by atoms with E-state index in [1.807, 2.05) is 0 Å². The van der Waals surface area contributed by atoms with E-state index in [-0.39, 0.29) is 0 Å². The predicted octanol–water partition coefficient (Wildman–Crippen LogP) is 2.81. The molecule has 1 saturated heterocycles. The third-order valence-electron chi connectivity index (χ3n) is 4.68. The lowest BCUT2D eigenvalue weighted by molar-refractivity contribution is 0.0436. The molecule has 2 rings (SSSR count). The van der Waals surface area contributed by atoms with Crippen LogP contribution in [0.25, 0.3) is 0 Å². The van der Waals surface area contributed by atoms with Crippen molar-refractivity contribution >= 4 is 0 Å². The monoisotopic (exact) mass is 236 g/mol. The summed E-state index contributed by atoms with van der Waals surface area (Å²) in [5.74, 6) is 0.738. The number of piperazine rings is 1. The number of hydrogen-bond donors (Lipinski definition) is 1. The number of nitrogens with zero attached hydrogens (tertiary/aromatic N) is 1. The summed E-state index contributed by atoms with van der Waals surface area (Å²) in [5.41, 5.74) is 0.477. The van der Waals surface area contributed by atoms with Crippen molar-refractivity contribution in [2.75, 3.05) is 19.6 Å². The van der Waals surface area contributed by atoms with Crippen LogP contribution in [0.2, 0.25) is 0 Å². The first-order valence-electron chi connectivity index (χ1n) is 7.27. The minimum Gasteiger partial charge on any atom is -0.311 e. The van der Waals surface area contributed by atoms with Crippen molar-refractivity contribution in [2.45, 2.75) is 58.0 Å². The van der Waals surface area contributed by atoms with Gasteiger partial charge >= 0.3 is 0 Å². The van der Waals surface area contributed by atoms with Crippen LogP contribution in [0.3, 0.4) is 0 Å². The number of hydrogen-bond acceptors (Lipinski definition) is 2. The van der Waals surface area contributed by atoms with Gasteiger partial charge in [-0.2, -0.15) is 0 Å². The maximum atomic E-state index is 3.79. The molecule has 98 valence electrons. The smallest absolute Gasteiger partial charge is 0.0338 e. The van der Waals surface area contributed by atoms with Gasteiger partial charge in [0, 0.05) is 31.2 Å². The first-order valence-corrected chi connectivity index (χ1v) is 7.27. The molecule has 1 N–H and O–H groups in total. The summed E-state index contributed by atoms with van der Waals surface area (Å²) in [6, 6.07) is 0.673. The van der Waals surface area contributed by atoms with E-state index in [0.29, 0.717) is 11.6 Å². The summed E-state index contributed by atoms with van der Waals surface area (Å²) < 4.78 is 0. The predicted molar refractivity (Wildman–Crippen MR) is 74.2 cm³/mol. The molecule has 1 saturated carbocycles. The molecule has 0 radical (unpaired) electrons. The zero-order chi connectivity index (χ0) is 12.3. The van der Waals surface area contributed by atoms with Crippen LogP contribution in [0.5, 0.6) is 0 Å². The molecular weight excluding hydrogens is 208 g/mol. The van der Waals surface area contributed by atoms with Crippen LogP contribution in [0.1, 0.15) is 46.5 Å². The molecule has 0 aromatic rings. The fourth-order valence-electron chi connectivity index (χ4n) is 3.40. The fourth-order valence-corrected chi connectivity index (χ4v) is 3.40. The minimum absolute atomic E-state index is 0.477. The van der Waals surface area contributed by atoms with E-state index in [1.54, 1.807) is 0 Å². The molecule has 0 aromatic carbocycles. The Morgan fingerprint density at radius 2 is 2.06 bits per heavy atom. The van der Waals surface area contributed by atoms with Gasteiger partial charge in [0.05, 0.1) is 0 Å².